The lowest BCUT2D eigenvalue weighted by molar-refractivity contribution is -0.123. The highest BCUT2D eigenvalue weighted by molar-refractivity contribution is 8.00. The lowest BCUT2D eigenvalue weighted by atomic mass is 10.2. The highest BCUT2D eigenvalue weighted by Gasteiger charge is 2.19. The maximum absolute atomic E-state index is 13.6. The third kappa shape index (κ3) is 4.25. The minimum Gasteiger partial charge on any atom is -0.346 e. The van der Waals surface area contributed by atoms with Gasteiger partial charge in [0.05, 0.1) is 17.5 Å². The highest BCUT2D eigenvalue weighted by atomic mass is 32.2. The van der Waals surface area contributed by atoms with E-state index in [9.17, 15) is 22.8 Å². The van der Waals surface area contributed by atoms with E-state index in [2.05, 4.69) is 20.8 Å². The van der Waals surface area contributed by atoms with Gasteiger partial charge in [0.1, 0.15) is 0 Å². The van der Waals surface area contributed by atoms with E-state index in [1.165, 1.54) is 0 Å². The lowest BCUT2D eigenvalue weighted by Gasteiger charge is -2.11. The largest absolute Gasteiger partial charge is 0.346 e. The summed E-state index contributed by atoms with van der Waals surface area (Å²) in [5.74, 6) is -5.81. The van der Waals surface area contributed by atoms with E-state index >= 15 is 0 Å². The number of amides is 2. The minimum absolute atomic E-state index is 0.460. The molecule has 1 unspecified atom stereocenters. The van der Waals surface area contributed by atoms with Crippen LogP contribution in [0, 0.1) is 17.5 Å². The molecule has 0 saturated carbocycles. The Morgan fingerprint density at radius 3 is 2.71 bits per heavy atom. The van der Waals surface area contributed by atoms with E-state index in [0.29, 0.717) is 16.9 Å². The topological polar surface area (TPSA) is 88.4 Å². The molecule has 0 fully saturated rings. The first kappa shape index (κ1) is 19.7. The van der Waals surface area contributed by atoms with Crippen LogP contribution in [-0.4, -0.2) is 38.2 Å². The monoisotopic (exact) mass is 409 g/mol. The van der Waals surface area contributed by atoms with Gasteiger partial charge in [-0.2, -0.15) is 0 Å². The van der Waals surface area contributed by atoms with Crippen LogP contribution in [0.25, 0.3) is 5.65 Å². The predicted molar refractivity (Wildman–Crippen MR) is 96.3 cm³/mol. The van der Waals surface area contributed by atoms with Gasteiger partial charge in [-0.25, -0.2) is 13.2 Å². The summed E-state index contributed by atoms with van der Waals surface area (Å²) in [7, 11) is 0. The van der Waals surface area contributed by atoms with Crippen LogP contribution in [0.2, 0.25) is 0 Å². The summed E-state index contributed by atoms with van der Waals surface area (Å²) in [6, 6.07) is 6.95. The van der Waals surface area contributed by atoms with E-state index in [0.717, 1.165) is 17.8 Å². The molecule has 0 aliphatic heterocycles. The van der Waals surface area contributed by atoms with Crippen LogP contribution in [0.4, 0.5) is 18.9 Å². The zero-order valence-electron chi connectivity index (χ0n) is 14.4. The maximum Gasteiger partial charge on any atom is 0.243 e. The fourth-order valence-corrected chi connectivity index (χ4v) is 3.10. The quantitative estimate of drug-likeness (QED) is 0.482. The Morgan fingerprint density at radius 1 is 1.14 bits per heavy atom. The molecule has 7 nitrogen and oxygen atoms in total. The van der Waals surface area contributed by atoms with Crippen molar-refractivity contribution in [3.05, 3.63) is 54.0 Å². The van der Waals surface area contributed by atoms with Gasteiger partial charge in [-0.15, -0.1) is 10.2 Å². The van der Waals surface area contributed by atoms with Crippen LogP contribution < -0.4 is 10.6 Å². The van der Waals surface area contributed by atoms with Gasteiger partial charge in [0.2, 0.25) is 11.8 Å². The van der Waals surface area contributed by atoms with Gasteiger partial charge in [0.25, 0.3) is 0 Å². The van der Waals surface area contributed by atoms with Gasteiger partial charge in [-0.05, 0) is 31.2 Å². The van der Waals surface area contributed by atoms with Gasteiger partial charge < -0.3 is 10.6 Å². The molecule has 0 aliphatic carbocycles. The molecule has 0 radical (unpaired) electrons. The number of halogens is 3. The zero-order valence-corrected chi connectivity index (χ0v) is 15.3. The van der Waals surface area contributed by atoms with Crippen molar-refractivity contribution < 1.29 is 22.8 Å². The average Bonchev–Trinajstić information content (AvgIpc) is 3.09. The molecule has 0 spiro atoms. The van der Waals surface area contributed by atoms with Crippen molar-refractivity contribution >= 4 is 34.9 Å². The van der Waals surface area contributed by atoms with E-state index in [-0.39, 0.29) is 0 Å². The zero-order chi connectivity index (χ0) is 20.3. The second-order valence-corrected chi connectivity index (χ2v) is 6.97. The maximum atomic E-state index is 13.6. The van der Waals surface area contributed by atoms with Gasteiger partial charge >= 0.3 is 0 Å². The number of aromatic nitrogens is 3. The molecule has 1 aromatic carbocycles. The normalized spacial score (nSPS) is 12.0. The summed E-state index contributed by atoms with van der Waals surface area (Å²) in [4.78, 5) is 24.0. The number of hydrogen-bond acceptors (Lipinski definition) is 5. The number of carbonyl (C=O) groups excluding carboxylic acids is 2. The van der Waals surface area contributed by atoms with Gasteiger partial charge in [-0.1, -0.05) is 17.8 Å². The highest BCUT2D eigenvalue weighted by Crippen LogP contribution is 2.22. The second-order valence-electron chi connectivity index (χ2n) is 5.66. The third-order valence-corrected chi connectivity index (χ3v) is 4.72. The first-order valence-electron chi connectivity index (χ1n) is 8.04. The van der Waals surface area contributed by atoms with Gasteiger partial charge in [0, 0.05) is 6.20 Å². The van der Waals surface area contributed by atoms with Crippen molar-refractivity contribution in [1.29, 1.82) is 0 Å². The fraction of sp³-hybridized carbons (Fsp3) is 0.176. The number of rotatable bonds is 6. The summed E-state index contributed by atoms with van der Waals surface area (Å²) in [5.41, 5.74) is 0.112. The lowest BCUT2D eigenvalue weighted by Crippen LogP contribution is -2.37. The van der Waals surface area contributed by atoms with Crippen LogP contribution in [0.1, 0.15) is 6.92 Å². The Hall–Kier alpha value is -3.08. The SMILES string of the molecule is CC(Sc1nnc2ccccn12)C(=O)NCC(=O)Nc1ccc(F)c(F)c1F. The van der Waals surface area contributed by atoms with E-state index in [1.54, 1.807) is 29.7 Å². The standard InChI is InChI=1S/C17H14F3N5O2S/c1-9(28-17-24-23-12-4-2-3-7-25(12)17)16(27)21-8-13(26)22-11-6-5-10(18)14(19)15(11)20/h2-7,9H,8H2,1H3,(H,21,27)(H,22,26). The molecule has 1 atom stereocenters. The van der Waals surface area contributed by atoms with Crippen molar-refractivity contribution in [3.8, 4) is 0 Å². The van der Waals surface area contributed by atoms with Crippen LogP contribution in [0.5, 0.6) is 0 Å². The number of benzene rings is 1. The van der Waals surface area contributed by atoms with Crippen molar-refractivity contribution in [2.75, 3.05) is 11.9 Å². The predicted octanol–water partition coefficient (Wildman–Crippen LogP) is 2.38. The first-order chi connectivity index (χ1) is 13.4. The Morgan fingerprint density at radius 2 is 1.93 bits per heavy atom. The van der Waals surface area contributed by atoms with E-state index in [1.807, 2.05) is 6.07 Å². The van der Waals surface area contributed by atoms with E-state index < -0.39 is 46.7 Å². The molecule has 146 valence electrons. The molecule has 0 bridgehead atoms. The number of hydrogen-bond donors (Lipinski definition) is 2. The molecule has 3 aromatic rings. The Balaban J connectivity index is 1.54. The Bertz CT molecular complexity index is 1040. The molecular formula is C17H14F3N5O2S. The van der Waals surface area contributed by atoms with Gasteiger partial charge in [0.15, 0.2) is 28.3 Å². The number of pyridine rings is 1. The Kier molecular flexibility index (Phi) is 5.83. The van der Waals surface area contributed by atoms with Crippen LogP contribution in [-0.2, 0) is 9.59 Å². The summed E-state index contributed by atoms with van der Waals surface area (Å²) in [5, 5.41) is 12.4. The Labute approximate surface area is 161 Å². The fourth-order valence-electron chi connectivity index (χ4n) is 2.24. The number of fused-ring (bicyclic) bond motifs is 1. The molecule has 11 heteroatoms. The van der Waals surface area contributed by atoms with E-state index in [4.69, 9.17) is 0 Å². The molecule has 2 aromatic heterocycles. The number of carbonyl (C=O) groups is 2. The molecule has 0 saturated heterocycles. The number of nitrogens with zero attached hydrogens (tertiary/aromatic N) is 3. The molecule has 2 N–H and O–H groups in total. The summed E-state index contributed by atoms with van der Waals surface area (Å²) in [6.07, 6.45) is 1.76. The summed E-state index contributed by atoms with van der Waals surface area (Å²) in [6.45, 7) is 1.15. The van der Waals surface area contributed by atoms with Crippen LogP contribution in [0.15, 0.2) is 41.7 Å². The number of thioether (sulfide) groups is 1. The molecule has 28 heavy (non-hydrogen) atoms. The van der Waals surface area contributed by atoms with Crippen molar-refractivity contribution in [3.63, 3.8) is 0 Å². The van der Waals surface area contributed by atoms with Crippen molar-refractivity contribution in [2.45, 2.75) is 17.3 Å². The number of nitrogens with one attached hydrogen (secondary N) is 2. The molecule has 2 amide bonds. The molecular weight excluding hydrogens is 395 g/mol. The van der Waals surface area contributed by atoms with Crippen molar-refractivity contribution in [2.24, 2.45) is 0 Å². The molecule has 2 heterocycles. The summed E-state index contributed by atoms with van der Waals surface area (Å²) < 4.78 is 41.3. The minimum atomic E-state index is -1.69. The smallest absolute Gasteiger partial charge is 0.243 e. The third-order valence-electron chi connectivity index (χ3n) is 3.67. The van der Waals surface area contributed by atoms with Crippen LogP contribution in [0.3, 0.4) is 0 Å². The molecule has 0 aliphatic rings. The first-order valence-corrected chi connectivity index (χ1v) is 8.92. The summed E-state index contributed by atoms with van der Waals surface area (Å²) >= 11 is 1.14. The second kappa shape index (κ2) is 8.30. The van der Waals surface area contributed by atoms with Gasteiger partial charge in [-0.3, -0.25) is 14.0 Å². The molecule has 3 rings (SSSR count). The number of anilines is 1. The van der Waals surface area contributed by atoms with Crippen molar-refractivity contribution in [1.82, 2.24) is 19.9 Å². The average molecular weight is 409 g/mol. The van der Waals surface area contributed by atoms with Crippen LogP contribution >= 0.6 is 11.8 Å².